The van der Waals surface area contributed by atoms with Crippen LogP contribution in [0.15, 0.2) is 16.7 Å². The number of rotatable bonds is 17. The summed E-state index contributed by atoms with van der Waals surface area (Å²) in [5, 5.41) is 18.7. The number of fused-ring (bicyclic) bond motifs is 1. The van der Waals surface area contributed by atoms with Gasteiger partial charge in [-0.05, 0) is 31.9 Å². The van der Waals surface area contributed by atoms with Gasteiger partial charge in [0.05, 0.1) is 10.5 Å². The fraction of sp³-hybridized carbons (Fsp3) is 0.727. The zero-order chi connectivity index (χ0) is 20.7. The minimum absolute atomic E-state index is 0.118. The maximum absolute atomic E-state index is 11.3. The molecule has 0 aliphatic rings. The van der Waals surface area contributed by atoms with Crippen LogP contribution < -0.4 is 5.73 Å². The second-order valence-electron chi connectivity index (χ2n) is 7.93. The van der Waals surface area contributed by atoms with Crippen LogP contribution in [0.3, 0.4) is 0 Å². The largest absolute Gasteiger partial charge is 0.337 e. The summed E-state index contributed by atoms with van der Waals surface area (Å²) in [6.45, 7) is 0.829. The molecule has 0 saturated heterocycles. The number of nitro benzene ring substituents is 1. The summed E-state index contributed by atoms with van der Waals surface area (Å²) in [4.78, 5) is 10.9. The molecule has 0 fully saturated rings. The van der Waals surface area contributed by atoms with Crippen molar-refractivity contribution in [3.63, 3.8) is 0 Å². The molecule has 0 aliphatic carbocycles. The van der Waals surface area contributed by atoms with Crippen molar-refractivity contribution in [1.82, 2.24) is 10.4 Å². The number of aryl methyl sites for hydroxylation is 1. The van der Waals surface area contributed by atoms with Gasteiger partial charge in [-0.1, -0.05) is 77.0 Å². The Kier molecular flexibility index (Phi) is 11.3. The maximum atomic E-state index is 11.3. The van der Waals surface area contributed by atoms with E-state index < -0.39 is 0 Å². The molecule has 0 saturated carbocycles. The lowest BCUT2D eigenvalue weighted by atomic mass is 10.0. The van der Waals surface area contributed by atoms with Gasteiger partial charge in [-0.3, -0.25) is 10.1 Å². The Morgan fingerprint density at radius 2 is 1.34 bits per heavy atom. The molecule has 0 amide bonds. The van der Waals surface area contributed by atoms with Crippen molar-refractivity contribution >= 4 is 16.8 Å². The molecule has 1 aromatic heterocycles. The lowest BCUT2D eigenvalue weighted by Crippen LogP contribution is -1.97. The van der Waals surface area contributed by atoms with E-state index in [1.165, 1.54) is 83.1 Å². The molecular formula is C22H36N4O3. The smallest absolute Gasteiger partial charge is 0.275 e. The van der Waals surface area contributed by atoms with Crippen molar-refractivity contribution in [2.45, 2.75) is 96.3 Å². The number of hydrogen-bond donors (Lipinski definition) is 1. The molecule has 0 aliphatic heterocycles. The Morgan fingerprint density at radius 3 is 1.86 bits per heavy atom. The van der Waals surface area contributed by atoms with Gasteiger partial charge in [-0.15, -0.1) is 5.10 Å². The summed E-state index contributed by atoms with van der Waals surface area (Å²) in [7, 11) is 0. The maximum Gasteiger partial charge on any atom is 0.275 e. The lowest BCUT2D eigenvalue weighted by molar-refractivity contribution is -0.385. The molecule has 162 valence electrons. The molecule has 0 radical (unpaired) electrons. The van der Waals surface area contributed by atoms with Crippen molar-refractivity contribution in [2.24, 2.45) is 5.73 Å². The molecule has 0 bridgehead atoms. The third kappa shape index (κ3) is 8.48. The van der Waals surface area contributed by atoms with E-state index in [-0.39, 0.29) is 10.6 Å². The van der Waals surface area contributed by atoms with Crippen LogP contribution in [0.25, 0.3) is 11.1 Å². The highest BCUT2D eigenvalue weighted by atomic mass is 16.6. The Labute approximate surface area is 173 Å². The molecule has 1 aromatic carbocycles. The van der Waals surface area contributed by atoms with Crippen LogP contribution in [-0.4, -0.2) is 21.8 Å². The van der Waals surface area contributed by atoms with Gasteiger partial charge in [-0.25, -0.2) is 0 Å². The molecule has 7 heteroatoms. The molecular weight excluding hydrogens is 368 g/mol. The van der Waals surface area contributed by atoms with E-state index in [0.29, 0.717) is 23.1 Å². The predicted molar refractivity (Wildman–Crippen MR) is 116 cm³/mol. The van der Waals surface area contributed by atoms with Crippen molar-refractivity contribution in [1.29, 1.82) is 0 Å². The van der Waals surface area contributed by atoms with Gasteiger partial charge in [0, 0.05) is 11.3 Å². The lowest BCUT2D eigenvalue weighted by Gasteiger charge is -2.04. The van der Waals surface area contributed by atoms with Crippen molar-refractivity contribution in [3.8, 4) is 0 Å². The first-order valence-electron chi connectivity index (χ1n) is 11.3. The Hall–Kier alpha value is -2.02. The summed E-state index contributed by atoms with van der Waals surface area (Å²) in [5.41, 5.74) is 7.31. The Morgan fingerprint density at radius 1 is 0.828 bits per heavy atom. The SMILES string of the molecule is NCCCCCCCCCCCCCCCCc1c([N+](=O)[O-])ccc2onnc12. The number of benzene rings is 1. The molecule has 2 aromatic rings. The van der Waals surface area contributed by atoms with E-state index in [1.807, 2.05) is 0 Å². The van der Waals surface area contributed by atoms with Crippen LogP contribution in [0.4, 0.5) is 5.69 Å². The predicted octanol–water partition coefficient (Wildman–Crippen LogP) is 6.09. The topological polar surface area (TPSA) is 108 Å². The second kappa shape index (κ2) is 14.0. The standard InChI is InChI=1S/C22H36N4O3/c23-18-14-12-10-8-6-4-2-1-3-5-7-9-11-13-15-19-20(26(27)28)16-17-21-22(19)24-25-29-21/h16-17H,1-15,18,23H2. The summed E-state index contributed by atoms with van der Waals surface area (Å²) in [6, 6.07) is 3.06. The van der Waals surface area contributed by atoms with Gasteiger partial charge in [0.15, 0.2) is 5.58 Å². The molecule has 29 heavy (non-hydrogen) atoms. The van der Waals surface area contributed by atoms with Gasteiger partial charge >= 0.3 is 0 Å². The van der Waals surface area contributed by atoms with Crippen LogP contribution in [0, 0.1) is 10.1 Å². The summed E-state index contributed by atoms with van der Waals surface area (Å²) in [5.74, 6) is 0. The normalized spacial score (nSPS) is 11.3. The minimum Gasteiger partial charge on any atom is -0.337 e. The fourth-order valence-corrected chi connectivity index (χ4v) is 3.88. The average molecular weight is 405 g/mol. The number of aromatic nitrogens is 2. The highest BCUT2D eigenvalue weighted by molar-refractivity contribution is 5.79. The monoisotopic (exact) mass is 404 g/mol. The third-order valence-electron chi connectivity index (χ3n) is 5.58. The minimum atomic E-state index is -0.344. The Balaban J connectivity index is 1.50. The van der Waals surface area contributed by atoms with E-state index in [2.05, 4.69) is 10.4 Å². The first-order valence-corrected chi connectivity index (χ1v) is 11.3. The van der Waals surface area contributed by atoms with Gasteiger partial charge in [0.25, 0.3) is 5.69 Å². The molecule has 0 atom stereocenters. The molecule has 2 rings (SSSR count). The number of nitrogens with two attached hydrogens (primary N) is 1. The first kappa shape index (κ1) is 23.3. The zero-order valence-electron chi connectivity index (χ0n) is 17.6. The summed E-state index contributed by atoms with van der Waals surface area (Å²) < 4.78 is 5.03. The number of hydrogen-bond acceptors (Lipinski definition) is 6. The number of nitrogens with zero attached hydrogens (tertiary/aromatic N) is 3. The van der Waals surface area contributed by atoms with Crippen LogP contribution >= 0.6 is 0 Å². The van der Waals surface area contributed by atoms with Crippen molar-refractivity contribution in [3.05, 3.63) is 27.8 Å². The Bertz CT molecular complexity index is 717. The highest BCUT2D eigenvalue weighted by Crippen LogP contribution is 2.28. The van der Waals surface area contributed by atoms with Crippen LogP contribution in [0.1, 0.15) is 95.5 Å². The second-order valence-corrected chi connectivity index (χ2v) is 7.93. The molecule has 1 heterocycles. The van der Waals surface area contributed by atoms with Gasteiger partial charge in [-0.2, -0.15) is 0 Å². The van der Waals surface area contributed by atoms with Gasteiger partial charge in [0.1, 0.15) is 5.52 Å². The quantitative estimate of drug-likeness (QED) is 0.194. The van der Waals surface area contributed by atoms with Gasteiger partial charge < -0.3 is 10.3 Å². The van der Waals surface area contributed by atoms with E-state index in [4.69, 9.17) is 10.3 Å². The third-order valence-corrected chi connectivity index (χ3v) is 5.58. The van der Waals surface area contributed by atoms with Crippen molar-refractivity contribution in [2.75, 3.05) is 6.54 Å². The zero-order valence-corrected chi connectivity index (χ0v) is 17.6. The van der Waals surface area contributed by atoms with E-state index in [0.717, 1.165) is 19.4 Å². The van der Waals surface area contributed by atoms with Crippen LogP contribution in [-0.2, 0) is 6.42 Å². The number of nitro groups is 1. The average Bonchev–Trinajstić information content (AvgIpc) is 3.19. The highest BCUT2D eigenvalue weighted by Gasteiger charge is 2.19. The van der Waals surface area contributed by atoms with E-state index in [1.54, 1.807) is 6.07 Å². The van der Waals surface area contributed by atoms with Gasteiger partial charge in [0.2, 0.25) is 0 Å². The molecule has 7 nitrogen and oxygen atoms in total. The molecule has 0 unspecified atom stereocenters. The number of unbranched alkanes of at least 4 members (excludes halogenated alkanes) is 13. The van der Waals surface area contributed by atoms with Crippen LogP contribution in [0.2, 0.25) is 0 Å². The van der Waals surface area contributed by atoms with Crippen molar-refractivity contribution < 1.29 is 9.45 Å². The first-order chi connectivity index (χ1) is 14.2. The van der Waals surface area contributed by atoms with E-state index in [9.17, 15) is 10.1 Å². The fourth-order valence-electron chi connectivity index (χ4n) is 3.88. The molecule has 2 N–H and O–H groups in total. The summed E-state index contributed by atoms with van der Waals surface area (Å²) in [6.07, 6.45) is 18.3. The van der Waals surface area contributed by atoms with E-state index >= 15 is 0 Å². The molecule has 0 spiro atoms. The summed E-state index contributed by atoms with van der Waals surface area (Å²) >= 11 is 0. The van der Waals surface area contributed by atoms with Crippen LogP contribution in [0.5, 0.6) is 0 Å².